The zero-order valence-corrected chi connectivity index (χ0v) is 24.7. The molecule has 0 spiro atoms. The second-order valence-corrected chi connectivity index (χ2v) is 7.99. The van der Waals surface area contributed by atoms with Crippen molar-refractivity contribution in [3.8, 4) is 5.75 Å². The fourth-order valence-electron chi connectivity index (χ4n) is 2.69. The molecule has 0 aliphatic heterocycles. The zero-order valence-electron chi connectivity index (χ0n) is 24.7. The van der Waals surface area contributed by atoms with Gasteiger partial charge in [0.1, 0.15) is 5.75 Å². The Kier molecular flexibility index (Phi) is 28.1. The highest BCUT2D eigenvalue weighted by Gasteiger charge is 2.08. The Hall–Kier alpha value is -2.79. The third kappa shape index (κ3) is 16.8. The number of carbonyl (C=O) groups is 1. The van der Waals surface area contributed by atoms with Crippen molar-refractivity contribution in [1.29, 1.82) is 0 Å². The molecule has 0 bridgehead atoms. The predicted molar refractivity (Wildman–Crippen MR) is 163 cm³/mol. The number of carbonyl (C=O) groups excluding carboxylic acids is 1. The molecule has 2 aromatic carbocycles. The first-order chi connectivity index (χ1) is 17.3. The highest BCUT2D eigenvalue weighted by atomic mass is 16.5. The molecule has 0 radical (unpaired) electrons. The van der Waals surface area contributed by atoms with Crippen LogP contribution in [-0.4, -0.2) is 27.0 Å². The van der Waals surface area contributed by atoms with Crippen LogP contribution in [0.2, 0.25) is 0 Å². The van der Waals surface area contributed by atoms with Crippen molar-refractivity contribution < 1.29 is 9.53 Å². The lowest BCUT2D eigenvalue weighted by Gasteiger charge is -2.12. The molecule has 0 aliphatic rings. The Balaban J connectivity index is -0.000000483. The Labute approximate surface area is 222 Å². The molecule has 36 heavy (non-hydrogen) atoms. The molecule has 0 fully saturated rings. The van der Waals surface area contributed by atoms with E-state index < -0.39 is 0 Å². The third-order valence-corrected chi connectivity index (χ3v) is 4.74. The Morgan fingerprint density at radius 1 is 0.944 bits per heavy atom. The van der Waals surface area contributed by atoms with E-state index in [9.17, 15) is 4.79 Å². The van der Waals surface area contributed by atoms with Gasteiger partial charge in [0.25, 0.3) is 0 Å². The smallest absolute Gasteiger partial charge is 0.153 e. The van der Waals surface area contributed by atoms with E-state index in [-0.39, 0.29) is 0 Å². The van der Waals surface area contributed by atoms with Crippen LogP contribution in [0.15, 0.2) is 36.9 Å². The molecule has 0 saturated carbocycles. The maximum Gasteiger partial charge on any atom is 0.153 e. The summed E-state index contributed by atoms with van der Waals surface area (Å²) in [5.41, 5.74) is 16.0. The van der Waals surface area contributed by atoms with E-state index >= 15 is 0 Å². The Morgan fingerprint density at radius 2 is 1.53 bits per heavy atom. The van der Waals surface area contributed by atoms with Crippen molar-refractivity contribution in [3.05, 3.63) is 59.2 Å². The summed E-state index contributed by atoms with van der Waals surface area (Å²) in [6.07, 6.45) is 9.50. The molecule has 5 nitrogen and oxygen atoms in total. The number of aryl methyl sites for hydroxylation is 1. The average molecular weight is 502 g/mol. The van der Waals surface area contributed by atoms with E-state index in [2.05, 4.69) is 52.2 Å². The lowest BCUT2D eigenvalue weighted by atomic mass is 10.00. The summed E-state index contributed by atoms with van der Waals surface area (Å²) in [6.45, 7) is 19.2. The van der Waals surface area contributed by atoms with Gasteiger partial charge in [-0.2, -0.15) is 0 Å². The molecule has 0 heterocycles. The van der Waals surface area contributed by atoms with Gasteiger partial charge in [0.15, 0.2) is 6.29 Å². The second-order valence-electron chi connectivity index (χ2n) is 7.99. The summed E-state index contributed by atoms with van der Waals surface area (Å²) in [5.74, 6) is 0.691. The third-order valence-electron chi connectivity index (χ3n) is 4.74. The lowest BCUT2D eigenvalue weighted by Crippen LogP contribution is -2.01. The summed E-state index contributed by atoms with van der Waals surface area (Å²) in [6, 6.07) is 9.67. The highest BCUT2D eigenvalue weighted by molar-refractivity contribution is 5.81. The number of rotatable bonds is 9. The van der Waals surface area contributed by atoms with Crippen LogP contribution in [0.5, 0.6) is 5.75 Å². The van der Waals surface area contributed by atoms with Gasteiger partial charge in [-0.3, -0.25) is 4.79 Å². The van der Waals surface area contributed by atoms with Crippen LogP contribution in [0.3, 0.4) is 0 Å². The number of hydrogen-bond donors (Lipinski definition) is 3. The molecular weight excluding hydrogens is 446 g/mol. The fourth-order valence-corrected chi connectivity index (χ4v) is 2.69. The first kappa shape index (κ1) is 37.8. The number of nitrogens with two attached hydrogens (primary N) is 2. The van der Waals surface area contributed by atoms with Gasteiger partial charge in [0.2, 0.25) is 0 Å². The molecule has 0 saturated heterocycles. The van der Waals surface area contributed by atoms with Crippen LogP contribution in [0, 0.1) is 6.92 Å². The molecule has 0 aliphatic carbocycles. The molecule has 5 heteroatoms. The molecular formula is C31H55N3O2. The molecule has 206 valence electrons. The topological polar surface area (TPSA) is 90.4 Å². The summed E-state index contributed by atoms with van der Waals surface area (Å²) < 4.78 is 5.60. The SMILES string of the molecule is C=Cc1cc(C=O)c(OCCC)cc1CCC.CCC.CCCC.CN.CNc1cccc(N)c1C. The molecule has 0 amide bonds. The van der Waals surface area contributed by atoms with E-state index in [4.69, 9.17) is 10.5 Å². The molecule has 2 aromatic rings. The van der Waals surface area contributed by atoms with Crippen LogP contribution in [-0.2, 0) is 6.42 Å². The van der Waals surface area contributed by atoms with Crippen LogP contribution >= 0.6 is 0 Å². The zero-order chi connectivity index (χ0) is 28.4. The van der Waals surface area contributed by atoms with E-state index in [1.807, 2.05) is 51.2 Å². The number of hydrogen-bond acceptors (Lipinski definition) is 5. The monoisotopic (exact) mass is 501 g/mol. The normalized spacial score (nSPS) is 8.83. The largest absolute Gasteiger partial charge is 0.493 e. The molecule has 5 N–H and O–H groups in total. The van der Waals surface area contributed by atoms with Gasteiger partial charge in [-0.15, -0.1) is 0 Å². The number of benzene rings is 2. The van der Waals surface area contributed by atoms with E-state index in [1.165, 1.54) is 31.9 Å². The highest BCUT2D eigenvalue weighted by Crippen LogP contribution is 2.25. The number of unbranched alkanes of at least 4 members (excludes halogenated alkanes) is 1. The molecule has 0 unspecified atom stereocenters. The van der Waals surface area contributed by atoms with Crippen molar-refractivity contribution in [2.75, 3.05) is 31.8 Å². The van der Waals surface area contributed by atoms with Gasteiger partial charge in [0, 0.05) is 18.4 Å². The van der Waals surface area contributed by atoms with Gasteiger partial charge >= 0.3 is 0 Å². The maximum absolute atomic E-state index is 11.0. The van der Waals surface area contributed by atoms with Gasteiger partial charge in [0.05, 0.1) is 12.2 Å². The number of ether oxygens (including phenoxy) is 1. The molecule has 2 rings (SSSR count). The van der Waals surface area contributed by atoms with Crippen LogP contribution in [0.25, 0.3) is 6.08 Å². The van der Waals surface area contributed by atoms with Crippen LogP contribution in [0.4, 0.5) is 11.4 Å². The molecule has 0 atom stereocenters. The second kappa shape index (κ2) is 26.8. The van der Waals surface area contributed by atoms with Gasteiger partial charge in [-0.25, -0.2) is 0 Å². The van der Waals surface area contributed by atoms with Crippen LogP contribution < -0.4 is 21.5 Å². The summed E-state index contributed by atoms with van der Waals surface area (Å²) in [7, 11) is 3.39. The Morgan fingerprint density at radius 3 is 1.92 bits per heavy atom. The number of anilines is 2. The maximum atomic E-state index is 11.0. The fraction of sp³-hybridized carbons (Fsp3) is 0.516. The standard InChI is InChI=1S/C15H20O2.C8H12N2.C4H10.C3H8.CH5N/c1-4-7-13-10-15(17-8-5-2)14(11-16)9-12(13)6-3;1-6-7(9)4-3-5-8(6)10-2;1-3-4-2;1-3-2;1-2/h6,9-11H,3-5,7-8H2,1-2H3;3-5,10H,9H2,1-2H3;3-4H2,1-2H3;3H2,1-2H3;2H2,1H3. The first-order valence-corrected chi connectivity index (χ1v) is 13.3. The number of nitrogen functional groups attached to an aromatic ring is 1. The summed E-state index contributed by atoms with van der Waals surface area (Å²) >= 11 is 0. The minimum atomic E-state index is 0.605. The Bertz CT molecular complexity index is 803. The molecule has 0 aromatic heterocycles. The minimum absolute atomic E-state index is 0.605. The van der Waals surface area contributed by atoms with E-state index in [0.717, 1.165) is 48.1 Å². The van der Waals surface area contributed by atoms with Crippen molar-refractivity contribution in [2.45, 2.75) is 87.0 Å². The quantitative estimate of drug-likeness (QED) is 0.237. The number of nitrogens with one attached hydrogen (secondary N) is 1. The summed E-state index contributed by atoms with van der Waals surface area (Å²) in [5, 5.41) is 3.06. The summed E-state index contributed by atoms with van der Waals surface area (Å²) in [4.78, 5) is 11.0. The van der Waals surface area contributed by atoms with E-state index in [1.54, 1.807) is 6.08 Å². The van der Waals surface area contributed by atoms with Gasteiger partial charge in [-0.1, -0.05) is 85.9 Å². The average Bonchev–Trinajstić information content (AvgIpc) is 2.91. The number of aldehydes is 1. The van der Waals surface area contributed by atoms with Gasteiger partial charge in [-0.05, 0) is 67.8 Å². The van der Waals surface area contributed by atoms with Crippen molar-refractivity contribution >= 4 is 23.7 Å². The minimum Gasteiger partial charge on any atom is -0.493 e. The van der Waals surface area contributed by atoms with E-state index in [0.29, 0.717) is 17.9 Å². The van der Waals surface area contributed by atoms with Crippen molar-refractivity contribution in [1.82, 2.24) is 0 Å². The lowest BCUT2D eigenvalue weighted by molar-refractivity contribution is 0.111. The van der Waals surface area contributed by atoms with Crippen LogP contribution in [0.1, 0.15) is 101 Å². The predicted octanol–water partition coefficient (Wildman–Crippen LogP) is 8.30. The van der Waals surface area contributed by atoms with Gasteiger partial charge < -0.3 is 21.5 Å². The van der Waals surface area contributed by atoms with Crippen molar-refractivity contribution in [3.63, 3.8) is 0 Å². The first-order valence-electron chi connectivity index (χ1n) is 13.3. The van der Waals surface area contributed by atoms with Crippen molar-refractivity contribution in [2.24, 2.45) is 5.73 Å².